The highest BCUT2D eigenvalue weighted by Gasteiger charge is 2.32. The largest absolute Gasteiger partial charge is 0.425 e. The summed E-state index contributed by atoms with van der Waals surface area (Å²) in [5, 5.41) is 0.444. The van der Waals surface area contributed by atoms with Gasteiger partial charge in [0.15, 0.2) is 6.29 Å². The topological polar surface area (TPSA) is 43.4 Å². The standard InChI is InChI=1S/C11H9ClO3/c12-9-4-3-8(6-13)10(5-9)15-11(14)7-1-2-7/h3-7H,1-2H2. The summed E-state index contributed by atoms with van der Waals surface area (Å²) in [5.41, 5.74) is 0.341. The second-order valence-corrected chi connectivity index (χ2v) is 3.93. The Bertz CT molecular complexity index is 410. The van der Waals surface area contributed by atoms with Crippen LogP contribution in [0.25, 0.3) is 0 Å². The zero-order valence-electron chi connectivity index (χ0n) is 7.90. The van der Waals surface area contributed by atoms with Gasteiger partial charge in [-0.15, -0.1) is 0 Å². The summed E-state index contributed by atoms with van der Waals surface area (Å²) in [5.74, 6) is -0.0294. The number of rotatable bonds is 3. The van der Waals surface area contributed by atoms with E-state index >= 15 is 0 Å². The second-order valence-electron chi connectivity index (χ2n) is 3.50. The Balaban J connectivity index is 2.20. The lowest BCUT2D eigenvalue weighted by Crippen LogP contribution is -2.11. The van der Waals surface area contributed by atoms with Gasteiger partial charge in [-0.25, -0.2) is 0 Å². The van der Waals surface area contributed by atoms with Crippen molar-refractivity contribution in [3.05, 3.63) is 28.8 Å². The molecule has 1 aromatic rings. The SMILES string of the molecule is O=Cc1ccc(Cl)cc1OC(=O)C1CC1. The van der Waals surface area contributed by atoms with E-state index in [0.29, 0.717) is 16.9 Å². The lowest BCUT2D eigenvalue weighted by molar-refractivity contribution is -0.135. The number of benzene rings is 1. The summed E-state index contributed by atoms with van der Waals surface area (Å²) in [4.78, 5) is 22.0. The van der Waals surface area contributed by atoms with E-state index < -0.39 is 0 Å². The van der Waals surface area contributed by atoms with Gasteiger partial charge in [-0.3, -0.25) is 9.59 Å². The van der Waals surface area contributed by atoms with Gasteiger partial charge in [0.25, 0.3) is 0 Å². The summed E-state index contributed by atoms with van der Waals surface area (Å²) < 4.78 is 5.09. The van der Waals surface area contributed by atoms with Gasteiger partial charge in [-0.05, 0) is 25.0 Å². The number of halogens is 1. The molecule has 0 bridgehead atoms. The van der Waals surface area contributed by atoms with Gasteiger partial charge in [0, 0.05) is 11.1 Å². The van der Waals surface area contributed by atoms with Gasteiger partial charge in [0.1, 0.15) is 5.75 Å². The first-order valence-corrected chi connectivity index (χ1v) is 5.05. The van der Waals surface area contributed by atoms with Crippen molar-refractivity contribution in [2.45, 2.75) is 12.8 Å². The summed E-state index contributed by atoms with van der Waals surface area (Å²) in [6.07, 6.45) is 2.39. The molecule has 0 N–H and O–H groups in total. The van der Waals surface area contributed by atoms with Crippen LogP contribution in [0.15, 0.2) is 18.2 Å². The number of carbonyl (C=O) groups is 2. The molecule has 1 saturated carbocycles. The number of hydrogen-bond donors (Lipinski definition) is 0. The normalized spacial score (nSPS) is 14.7. The third-order valence-electron chi connectivity index (χ3n) is 2.22. The molecule has 78 valence electrons. The fraction of sp³-hybridized carbons (Fsp3) is 0.273. The molecular weight excluding hydrogens is 216 g/mol. The molecule has 0 spiro atoms. The zero-order chi connectivity index (χ0) is 10.8. The van der Waals surface area contributed by atoms with E-state index in [1.165, 1.54) is 12.1 Å². The van der Waals surface area contributed by atoms with Crippen molar-refractivity contribution in [2.75, 3.05) is 0 Å². The van der Waals surface area contributed by atoms with Crippen LogP contribution in [0.2, 0.25) is 5.02 Å². The van der Waals surface area contributed by atoms with Gasteiger partial charge in [-0.2, -0.15) is 0 Å². The number of ether oxygens (including phenoxy) is 1. The minimum Gasteiger partial charge on any atom is -0.425 e. The predicted molar refractivity (Wildman–Crippen MR) is 55.2 cm³/mol. The third kappa shape index (κ3) is 2.36. The van der Waals surface area contributed by atoms with E-state index in [4.69, 9.17) is 16.3 Å². The smallest absolute Gasteiger partial charge is 0.314 e. The minimum atomic E-state index is -0.277. The summed E-state index contributed by atoms with van der Waals surface area (Å²) >= 11 is 5.75. The monoisotopic (exact) mass is 224 g/mol. The highest BCUT2D eigenvalue weighted by molar-refractivity contribution is 6.30. The van der Waals surface area contributed by atoms with Crippen LogP contribution in [0.1, 0.15) is 23.2 Å². The Hall–Kier alpha value is -1.35. The molecule has 0 heterocycles. The maximum atomic E-state index is 11.4. The number of aldehydes is 1. The Morgan fingerprint density at radius 2 is 2.20 bits per heavy atom. The van der Waals surface area contributed by atoms with Crippen molar-refractivity contribution in [1.82, 2.24) is 0 Å². The van der Waals surface area contributed by atoms with E-state index in [1.54, 1.807) is 6.07 Å². The van der Waals surface area contributed by atoms with Crippen LogP contribution < -0.4 is 4.74 Å². The van der Waals surface area contributed by atoms with Crippen molar-refractivity contribution < 1.29 is 14.3 Å². The highest BCUT2D eigenvalue weighted by Crippen LogP contribution is 2.32. The van der Waals surface area contributed by atoms with Gasteiger partial charge in [-0.1, -0.05) is 11.6 Å². The predicted octanol–water partition coefficient (Wildman–Crippen LogP) is 2.47. The maximum absolute atomic E-state index is 11.4. The molecule has 0 unspecified atom stereocenters. The average molecular weight is 225 g/mol. The van der Waals surface area contributed by atoms with Crippen LogP contribution in [0.5, 0.6) is 5.75 Å². The van der Waals surface area contributed by atoms with E-state index in [-0.39, 0.29) is 17.6 Å². The Labute approximate surface area is 92.0 Å². The van der Waals surface area contributed by atoms with Crippen LogP contribution in [-0.4, -0.2) is 12.3 Å². The molecule has 1 aliphatic carbocycles. The average Bonchev–Trinajstić information content (AvgIpc) is 3.01. The summed E-state index contributed by atoms with van der Waals surface area (Å²) in [6.45, 7) is 0. The Morgan fingerprint density at radius 1 is 1.47 bits per heavy atom. The fourth-order valence-corrected chi connectivity index (χ4v) is 1.37. The molecule has 0 saturated heterocycles. The van der Waals surface area contributed by atoms with Gasteiger partial charge in [0.05, 0.1) is 11.5 Å². The first-order chi connectivity index (χ1) is 7.20. The van der Waals surface area contributed by atoms with Crippen molar-refractivity contribution in [3.63, 3.8) is 0 Å². The molecule has 0 aliphatic heterocycles. The first-order valence-electron chi connectivity index (χ1n) is 4.67. The molecule has 0 aromatic heterocycles. The fourth-order valence-electron chi connectivity index (χ4n) is 1.20. The zero-order valence-corrected chi connectivity index (χ0v) is 8.66. The lowest BCUT2D eigenvalue weighted by atomic mass is 10.2. The molecule has 0 radical (unpaired) electrons. The van der Waals surface area contributed by atoms with Crippen LogP contribution in [-0.2, 0) is 4.79 Å². The quantitative estimate of drug-likeness (QED) is 0.450. The van der Waals surface area contributed by atoms with E-state index in [0.717, 1.165) is 12.8 Å². The van der Waals surface area contributed by atoms with Crippen LogP contribution >= 0.6 is 11.6 Å². The van der Waals surface area contributed by atoms with Gasteiger partial charge in [0.2, 0.25) is 0 Å². The Kier molecular flexibility index (Phi) is 2.73. The third-order valence-corrected chi connectivity index (χ3v) is 2.46. The van der Waals surface area contributed by atoms with Crippen molar-refractivity contribution >= 4 is 23.9 Å². The van der Waals surface area contributed by atoms with Crippen LogP contribution in [0, 0.1) is 5.92 Å². The molecule has 1 aromatic carbocycles. The van der Waals surface area contributed by atoms with Gasteiger partial charge < -0.3 is 4.74 Å². The summed E-state index contributed by atoms with van der Waals surface area (Å²) in [6, 6.07) is 4.59. The maximum Gasteiger partial charge on any atom is 0.314 e. The molecular formula is C11H9ClO3. The van der Waals surface area contributed by atoms with E-state index in [2.05, 4.69) is 0 Å². The van der Waals surface area contributed by atoms with Crippen molar-refractivity contribution in [1.29, 1.82) is 0 Å². The minimum absolute atomic E-state index is 0.00323. The highest BCUT2D eigenvalue weighted by atomic mass is 35.5. The summed E-state index contributed by atoms with van der Waals surface area (Å²) in [7, 11) is 0. The molecule has 2 rings (SSSR count). The molecule has 3 nitrogen and oxygen atoms in total. The first kappa shape index (κ1) is 10.2. The molecule has 1 aliphatic rings. The molecule has 0 amide bonds. The molecule has 15 heavy (non-hydrogen) atoms. The molecule has 0 atom stereocenters. The Morgan fingerprint density at radius 3 is 2.80 bits per heavy atom. The number of carbonyl (C=O) groups excluding carboxylic acids is 2. The van der Waals surface area contributed by atoms with E-state index in [1.807, 2.05) is 0 Å². The van der Waals surface area contributed by atoms with E-state index in [9.17, 15) is 9.59 Å². The van der Waals surface area contributed by atoms with Crippen molar-refractivity contribution in [2.24, 2.45) is 5.92 Å². The van der Waals surface area contributed by atoms with Crippen LogP contribution in [0.3, 0.4) is 0 Å². The number of hydrogen-bond acceptors (Lipinski definition) is 3. The number of esters is 1. The molecule has 4 heteroatoms. The van der Waals surface area contributed by atoms with Crippen molar-refractivity contribution in [3.8, 4) is 5.75 Å². The molecule has 1 fully saturated rings. The lowest BCUT2D eigenvalue weighted by Gasteiger charge is -2.05. The second kappa shape index (κ2) is 4.03. The van der Waals surface area contributed by atoms with Gasteiger partial charge >= 0.3 is 5.97 Å². The van der Waals surface area contributed by atoms with Crippen LogP contribution in [0.4, 0.5) is 0 Å².